The zero-order valence-corrected chi connectivity index (χ0v) is 25.1. The molecule has 0 bridgehead atoms. The summed E-state index contributed by atoms with van der Waals surface area (Å²) < 4.78 is 14.0. The maximum atomic E-state index is 13.4. The fourth-order valence-electron chi connectivity index (χ4n) is 3.75. The van der Waals surface area contributed by atoms with E-state index in [1.165, 1.54) is 30.1 Å². The van der Waals surface area contributed by atoms with Crippen molar-refractivity contribution >= 4 is 66.3 Å². The molecule has 0 aliphatic carbocycles. The number of nitrogens with zero attached hydrogens (tertiary/aromatic N) is 4. The molecule has 0 aliphatic rings. The van der Waals surface area contributed by atoms with Crippen LogP contribution in [-0.4, -0.2) is 27.9 Å². The lowest BCUT2D eigenvalue weighted by Gasteiger charge is -2.16. The van der Waals surface area contributed by atoms with E-state index in [0.717, 1.165) is 10.9 Å². The molecule has 9 nitrogen and oxygen atoms in total. The van der Waals surface area contributed by atoms with E-state index in [2.05, 4.69) is 37.0 Å². The van der Waals surface area contributed by atoms with Crippen LogP contribution in [0.15, 0.2) is 67.4 Å². The Bertz CT molecular complexity index is 1640. The van der Waals surface area contributed by atoms with Gasteiger partial charge in [0.1, 0.15) is 17.5 Å². The second-order valence-electron chi connectivity index (χ2n) is 8.64. The molecule has 202 valence electrons. The van der Waals surface area contributed by atoms with Gasteiger partial charge in [-0.2, -0.15) is 9.78 Å². The Labute approximate surface area is 245 Å². The van der Waals surface area contributed by atoms with Crippen molar-refractivity contribution in [3.8, 4) is 11.5 Å². The Morgan fingerprint density at radius 3 is 2.56 bits per heavy atom. The highest BCUT2D eigenvalue weighted by Crippen LogP contribution is 2.42. The maximum absolute atomic E-state index is 13.4. The summed E-state index contributed by atoms with van der Waals surface area (Å²) in [6.45, 7) is 4.12. The lowest BCUT2D eigenvalue weighted by molar-refractivity contribution is -0.384. The standard InChI is InChI=1S/C27H23Br2ClN4O5/c1-4-15(2)26-32-21-10-7-18(28)12-20(21)27(35)33(26)31-13-17-11-22(38-3)25(24(30)23(17)29)39-14-16-5-8-19(9-6-16)34(36)37/h5-13,15H,4,14H2,1-3H3/t15-/m0/s1. The molecule has 1 atom stereocenters. The summed E-state index contributed by atoms with van der Waals surface area (Å²) >= 11 is 13.6. The summed E-state index contributed by atoms with van der Waals surface area (Å²) in [5.74, 6) is 1.17. The molecule has 4 rings (SSSR count). The summed E-state index contributed by atoms with van der Waals surface area (Å²) in [5.41, 5.74) is 1.57. The van der Waals surface area contributed by atoms with E-state index in [1.54, 1.807) is 30.3 Å². The fraction of sp³-hybridized carbons (Fsp3) is 0.222. The van der Waals surface area contributed by atoms with Gasteiger partial charge in [-0.1, -0.05) is 41.4 Å². The van der Waals surface area contributed by atoms with E-state index in [9.17, 15) is 14.9 Å². The van der Waals surface area contributed by atoms with Gasteiger partial charge in [0.25, 0.3) is 11.2 Å². The minimum Gasteiger partial charge on any atom is -0.493 e. The average molecular weight is 679 g/mol. The number of rotatable bonds is 9. The zero-order valence-electron chi connectivity index (χ0n) is 21.2. The van der Waals surface area contributed by atoms with Gasteiger partial charge < -0.3 is 9.47 Å². The van der Waals surface area contributed by atoms with Crippen molar-refractivity contribution in [2.75, 3.05) is 7.11 Å². The van der Waals surface area contributed by atoms with Crippen LogP contribution in [0.4, 0.5) is 5.69 Å². The maximum Gasteiger partial charge on any atom is 0.282 e. The first-order valence-corrected chi connectivity index (χ1v) is 13.8. The van der Waals surface area contributed by atoms with Gasteiger partial charge in [0.05, 0.1) is 29.2 Å². The van der Waals surface area contributed by atoms with Gasteiger partial charge in [0.15, 0.2) is 11.5 Å². The van der Waals surface area contributed by atoms with E-state index in [-0.39, 0.29) is 34.5 Å². The predicted octanol–water partition coefficient (Wildman–Crippen LogP) is 7.47. The van der Waals surface area contributed by atoms with E-state index in [4.69, 9.17) is 26.1 Å². The van der Waals surface area contributed by atoms with Crippen molar-refractivity contribution in [1.29, 1.82) is 0 Å². The van der Waals surface area contributed by atoms with Crippen molar-refractivity contribution < 1.29 is 14.4 Å². The smallest absolute Gasteiger partial charge is 0.282 e. The summed E-state index contributed by atoms with van der Waals surface area (Å²) in [6, 6.07) is 13.1. The molecule has 0 unspecified atom stereocenters. The average Bonchev–Trinajstić information content (AvgIpc) is 2.93. The van der Waals surface area contributed by atoms with Gasteiger partial charge in [-0.25, -0.2) is 4.98 Å². The van der Waals surface area contributed by atoms with Crippen molar-refractivity contribution in [2.24, 2.45) is 5.10 Å². The molecule has 0 saturated heterocycles. The molecule has 0 saturated carbocycles. The minimum absolute atomic E-state index is 0.00871. The van der Waals surface area contributed by atoms with Crippen LogP contribution < -0.4 is 15.0 Å². The van der Waals surface area contributed by atoms with E-state index in [1.807, 2.05) is 19.9 Å². The summed E-state index contributed by atoms with van der Waals surface area (Å²) in [5, 5.41) is 16.1. The van der Waals surface area contributed by atoms with Crippen molar-refractivity contribution in [2.45, 2.75) is 32.8 Å². The number of methoxy groups -OCH3 is 1. The van der Waals surface area contributed by atoms with E-state index in [0.29, 0.717) is 38.1 Å². The highest BCUT2D eigenvalue weighted by atomic mass is 79.9. The van der Waals surface area contributed by atoms with Crippen molar-refractivity contribution in [3.05, 3.63) is 99.9 Å². The summed E-state index contributed by atoms with van der Waals surface area (Å²) in [4.78, 5) is 28.6. The zero-order chi connectivity index (χ0) is 28.3. The van der Waals surface area contributed by atoms with Gasteiger partial charge in [-0.05, 0) is 64.3 Å². The minimum atomic E-state index is -0.463. The monoisotopic (exact) mass is 676 g/mol. The van der Waals surface area contributed by atoms with Crippen LogP contribution in [0.3, 0.4) is 0 Å². The lowest BCUT2D eigenvalue weighted by atomic mass is 10.1. The van der Waals surface area contributed by atoms with Crippen LogP contribution in [0.2, 0.25) is 5.02 Å². The first kappa shape index (κ1) is 28.7. The Morgan fingerprint density at radius 1 is 1.21 bits per heavy atom. The Morgan fingerprint density at radius 2 is 1.92 bits per heavy atom. The molecular weight excluding hydrogens is 656 g/mol. The number of aromatic nitrogens is 2. The molecule has 0 N–H and O–H groups in total. The topological polar surface area (TPSA) is 109 Å². The number of non-ortho nitro benzene ring substituents is 1. The number of halogens is 3. The normalized spacial score (nSPS) is 12.2. The largest absolute Gasteiger partial charge is 0.493 e. The number of nitro benzene ring substituents is 1. The van der Waals surface area contributed by atoms with Crippen LogP contribution >= 0.6 is 43.5 Å². The number of nitro groups is 1. The van der Waals surface area contributed by atoms with Gasteiger partial charge in [-0.3, -0.25) is 14.9 Å². The van der Waals surface area contributed by atoms with Crippen LogP contribution in [0, 0.1) is 10.1 Å². The number of hydrogen-bond acceptors (Lipinski definition) is 7. The molecule has 12 heteroatoms. The van der Waals surface area contributed by atoms with Crippen LogP contribution in [0.5, 0.6) is 11.5 Å². The molecule has 0 spiro atoms. The van der Waals surface area contributed by atoms with Crippen molar-refractivity contribution in [3.63, 3.8) is 0 Å². The van der Waals surface area contributed by atoms with E-state index < -0.39 is 4.92 Å². The number of fused-ring (bicyclic) bond motifs is 1. The number of benzene rings is 3. The van der Waals surface area contributed by atoms with Gasteiger partial charge in [0, 0.05) is 32.6 Å². The Kier molecular flexibility index (Phi) is 9.04. The third-order valence-electron chi connectivity index (χ3n) is 6.10. The molecule has 3 aromatic carbocycles. The van der Waals surface area contributed by atoms with Crippen molar-refractivity contribution in [1.82, 2.24) is 9.66 Å². The first-order chi connectivity index (χ1) is 18.6. The molecule has 0 aliphatic heterocycles. The van der Waals surface area contributed by atoms with Crippen LogP contribution in [0.1, 0.15) is 43.1 Å². The highest BCUT2D eigenvalue weighted by Gasteiger charge is 2.19. The molecular formula is C27H23Br2ClN4O5. The SMILES string of the molecule is CC[C@H](C)c1nc2ccc(Br)cc2c(=O)n1N=Cc1cc(OC)c(OCc2ccc([N+](=O)[O-])cc2)c(Cl)c1Br. The third kappa shape index (κ3) is 6.15. The molecule has 1 aromatic heterocycles. The van der Waals surface area contributed by atoms with Gasteiger partial charge in [-0.15, -0.1) is 0 Å². The third-order valence-corrected chi connectivity index (χ3v) is 8.04. The summed E-state index contributed by atoms with van der Waals surface area (Å²) in [7, 11) is 1.48. The summed E-state index contributed by atoms with van der Waals surface area (Å²) in [6.07, 6.45) is 2.28. The van der Waals surface area contributed by atoms with Crippen LogP contribution in [-0.2, 0) is 6.61 Å². The number of ether oxygens (including phenoxy) is 2. The predicted molar refractivity (Wildman–Crippen MR) is 159 cm³/mol. The lowest BCUT2D eigenvalue weighted by Crippen LogP contribution is -2.23. The Hall–Kier alpha value is -3.28. The van der Waals surface area contributed by atoms with E-state index >= 15 is 0 Å². The molecule has 1 heterocycles. The second kappa shape index (κ2) is 12.3. The second-order valence-corrected chi connectivity index (χ2v) is 10.7. The molecule has 4 aromatic rings. The number of hydrogen-bond donors (Lipinski definition) is 0. The highest BCUT2D eigenvalue weighted by molar-refractivity contribution is 9.10. The molecule has 0 radical (unpaired) electrons. The molecule has 39 heavy (non-hydrogen) atoms. The van der Waals surface area contributed by atoms with Crippen LogP contribution in [0.25, 0.3) is 10.9 Å². The Balaban J connectivity index is 1.70. The first-order valence-electron chi connectivity index (χ1n) is 11.8. The molecule has 0 fully saturated rings. The van der Waals surface area contributed by atoms with Gasteiger partial charge >= 0.3 is 0 Å². The van der Waals surface area contributed by atoms with Gasteiger partial charge in [0.2, 0.25) is 0 Å². The quantitative estimate of drug-likeness (QED) is 0.103. The fourth-order valence-corrected chi connectivity index (χ4v) is 4.77. The molecule has 0 amide bonds.